The third-order valence-corrected chi connectivity index (χ3v) is 8.21. The highest BCUT2D eigenvalue weighted by molar-refractivity contribution is 7.92. The number of nitrogens with zero attached hydrogens (tertiary/aromatic N) is 4. The number of piperidine rings is 1. The summed E-state index contributed by atoms with van der Waals surface area (Å²) in [5.74, 6) is -0.868. The number of anilines is 2. The molecule has 1 saturated heterocycles. The van der Waals surface area contributed by atoms with Crippen molar-refractivity contribution >= 4 is 27.1 Å². The first kappa shape index (κ1) is 24.2. The summed E-state index contributed by atoms with van der Waals surface area (Å²) in [4.78, 5) is 14.9. The van der Waals surface area contributed by atoms with Gasteiger partial charge in [0, 0.05) is 26.3 Å². The molecule has 1 amide bonds. The van der Waals surface area contributed by atoms with E-state index in [0.29, 0.717) is 42.9 Å². The van der Waals surface area contributed by atoms with Gasteiger partial charge >= 0.3 is 0 Å². The zero-order chi connectivity index (χ0) is 25.2. The second-order valence-electron chi connectivity index (χ2n) is 8.21. The number of nitrogens with one attached hydrogen (secondary N) is 1. The van der Waals surface area contributed by atoms with Crippen LogP contribution < -0.4 is 15.0 Å². The molecule has 1 aromatic heterocycles. The summed E-state index contributed by atoms with van der Waals surface area (Å²) in [6.07, 6.45) is 2.20. The first-order valence-corrected chi connectivity index (χ1v) is 12.4. The summed E-state index contributed by atoms with van der Waals surface area (Å²) in [7, 11) is -0.585. The number of nitriles is 1. The smallest absolute Gasteiger partial charge is 0.262 e. The van der Waals surface area contributed by atoms with Gasteiger partial charge in [0.05, 0.1) is 40.3 Å². The minimum absolute atomic E-state index is 0.0207. The van der Waals surface area contributed by atoms with Gasteiger partial charge in [0.15, 0.2) is 9.84 Å². The number of hydrogen-bond donors (Lipinski definition) is 1. The highest BCUT2D eigenvalue weighted by Gasteiger charge is 2.32. The normalized spacial score (nSPS) is 14.4. The van der Waals surface area contributed by atoms with Crippen LogP contribution in [0.2, 0.25) is 0 Å². The van der Waals surface area contributed by atoms with Gasteiger partial charge in [0.2, 0.25) is 5.88 Å². The van der Waals surface area contributed by atoms with Crippen molar-refractivity contribution in [2.45, 2.75) is 23.0 Å². The van der Waals surface area contributed by atoms with Gasteiger partial charge in [-0.1, -0.05) is 6.07 Å². The van der Waals surface area contributed by atoms with Crippen LogP contribution in [0, 0.1) is 17.1 Å². The number of sulfone groups is 1. The zero-order valence-electron chi connectivity index (χ0n) is 19.2. The molecule has 9 nitrogen and oxygen atoms in total. The van der Waals surface area contributed by atoms with E-state index in [0.717, 1.165) is 6.07 Å². The van der Waals surface area contributed by atoms with E-state index in [1.54, 1.807) is 25.2 Å². The van der Waals surface area contributed by atoms with E-state index in [2.05, 4.69) is 16.5 Å². The molecule has 0 saturated carbocycles. The summed E-state index contributed by atoms with van der Waals surface area (Å²) in [5.41, 5.74) is 1.70. The maximum atomic E-state index is 13.6. The molecule has 4 rings (SSSR count). The van der Waals surface area contributed by atoms with E-state index < -0.39 is 26.8 Å². The number of halogens is 1. The molecule has 0 bridgehead atoms. The summed E-state index contributed by atoms with van der Waals surface area (Å²) in [6, 6.07) is 12.1. The molecule has 3 aromatic rings. The Bertz CT molecular complexity index is 1410. The Morgan fingerprint density at radius 1 is 1.23 bits per heavy atom. The molecule has 1 aliphatic heterocycles. The van der Waals surface area contributed by atoms with Crippen molar-refractivity contribution in [3.63, 3.8) is 0 Å². The van der Waals surface area contributed by atoms with Crippen LogP contribution >= 0.6 is 0 Å². The minimum Gasteiger partial charge on any atom is -0.479 e. The lowest BCUT2D eigenvalue weighted by atomic mass is 10.1. The van der Waals surface area contributed by atoms with E-state index in [1.165, 1.54) is 36.2 Å². The second kappa shape index (κ2) is 9.76. The first-order valence-electron chi connectivity index (χ1n) is 10.9. The number of ether oxygens (including phenoxy) is 1. The lowest BCUT2D eigenvalue weighted by Crippen LogP contribution is -2.39. The molecule has 35 heavy (non-hydrogen) atoms. The van der Waals surface area contributed by atoms with E-state index >= 15 is 0 Å². The number of benzene rings is 2. The number of aromatic nitrogens is 2. The summed E-state index contributed by atoms with van der Waals surface area (Å²) >= 11 is 0. The topological polar surface area (TPSA) is 117 Å². The van der Waals surface area contributed by atoms with Gasteiger partial charge in [-0.05, 0) is 49.2 Å². The fraction of sp³-hybridized carbons (Fsp3) is 0.292. The van der Waals surface area contributed by atoms with E-state index in [1.807, 2.05) is 4.90 Å². The number of carbonyl (C=O) groups is 1. The van der Waals surface area contributed by atoms with Crippen molar-refractivity contribution in [2.24, 2.45) is 7.05 Å². The molecule has 2 heterocycles. The Morgan fingerprint density at radius 3 is 2.63 bits per heavy atom. The van der Waals surface area contributed by atoms with Crippen molar-refractivity contribution < 1.29 is 22.3 Å². The quantitative estimate of drug-likeness (QED) is 0.556. The van der Waals surface area contributed by atoms with Crippen LogP contribution in [0.5, 0.6) is 5.88 Å². The predicted molar refractivity (Wildman–Crippen MR) is 128 cm³/mol. The average Bonchev–Trinajstić information content (AvgIpc) is 3.25. The van der Waals surface area contributed by atoms with Gasteiger partial charge in [0.25, 0.3) is 5.91 Å². The van der Waals surface area contributed by atoms with Crippen LogP contribution in [0.1, 0.15) is 28.8 Å². The molecule has 2 aromatic carbocycles. The summed E-state index contributed by atoms with van der Waals surface area (Å²) < 4.78 is 46.2. The van der Waals surface area contributed by atoms with Gasteiger partial charge in [-0.25, -0.2) is 12.8 Å². The molecule has 182 valence electrons. The predicted octanol–water partition coefficient (Wildman–Crippen LogP) is 3.13. The minimum atomic E-state index is -3.67. The number of hydrogen-bond acceptors (Lipinski definition) is 7. The van der Waals surface area contributed by atoms with Crippen molar-refractivity contribution in [1.82, 2.24) is 9.78 Å². The van der Waals surface area contributed by atoms with E-state index in [4.69, 9.17) is 4.74 Å². The van der Waals surface area contributed by atoms with Crippen molar-refractivity contribution in [3.05, 3.63) is 65.6 Å². The molecule has 1 aliphatic rings. The molecule has 0 unspecified atom stereocenters. The Balaban J connectivity index is 1.55. The Kier molecular flexibility index (Phi) is 6.75. The molecule has 11 heteroatoms. The molecule has 0 spiro atoms. The molecule has 0 radical (unpaired) electrons. The molecule has 1 N–H and O–H groups in total. The lowest BCUT2D eigenvalue weighted by Gasteiger charge is -2.34. The zero-order valence-corrected chi connectivity index (χ0v) is 20.0. The molecule has 0 aliphatic carbocycles. The largest absolute Gasteiger partial charge is 0.479 e. The third kappa shape index (κ3) is 4.97. The van der Waals surface area contributed by atoms with Crippen LogP contribution in [0.15, 0.2) is 53.6 Å². The number of rotatable bonds is 6. The van der Waals surface area contributed by atoms with Crippen LogP contribution in [0.25, 0.3) is 0 Å². The standard InChI is InChI=1S/C24H24FN5O4S/c1-29-15-20(24(28-29)34-2)23(31)27-21-12-16(14-26)6-7-22(21)30-10-8-18(9-11-30)35(32,33)19-5-3-4-17(25)13-19/h3-7,12-13,15,18H,8-11H2,1-2H3,(H,27,31). The number of methoxy groups -OCH3 is 1. The highest BCUT2D eigenvalue weighted by atomic mass is 32.2. The van der Waals surface area contributed by atoms with Crippen LogP contribution in [-0.4, -0.2) is 49.6 Å². The molecular formula is C24H24FN5O4S. The van der Waals surface area contributed by atoms with Gasteiger partial charge in [-0.3, -0.25) is 9.48 Å². The fourth-order valence-corrected chi connectivity index (χ4v) is 5.95. The van der Waals surface area contributed by atoms with E-state index in [-0.39, 0.29) is 16.3 Å². The maximum absolute atomic E-state index is 13.6. The van der Waals surface area contributed by atoms with Crippen LogP contribution in [0.3, 0.4) is 0 Å². The fourth-order valence-electron chi connectivity index (χ4n) is 4.19. The van der Waals surface area contributed by atoms with Crippen molar-refractivity contribution in [1.29, 1.82) is 5.26 Å². The maximum Gasteiger partial charge on any atom is 0.262 e. The second-order valence-corrected chi connectivity index (χ2v) is 10.4. The summed E-state index contributed by atoms with van der Waals surface area (Å²) in [5, 5.41) is 15.6. The molecule has 1 fully saturated rings. The van der Waals surface area contributed by atoms with Crippen LogP contribution in [-0.2, 0) is 16.9 Å². The average molecular weight is 498 g/mol. The van der Waals surface area contributed by atoms with Gasteiger partial charge in [0.1, 0.15) is 11.4 Å². The monoisotopic (exact) mass is 497 g/mol. The van der Waals surface area contributed by atoms with Gasteiger partial charge < -0.3 is 15.0 Å². The number of aryl methyl sites for hydroxylation is 1. The number of carbonyl (C=O) groups excluding carboxylic acids is 1. The Morgan fingerprint density at radius 2 is 1.97 bits per heavy atom. The van der Waals surface area contributed by atoms with E-state index in [9.17, 15) is 22.9 Å². The molecule has 0 atom stereocenters. The third-order valence-electron chi connectivity index (χ3n) is 5.95. The summed E-state index contributed by atoms with van der Waals surface area (Å²) in [6.45, 7) is 0.814. The lowest BCUT2D eigenvalue weighted by molar-refractivity contribution is 0.102. The SMILES string of the molecule is COc1nn(C)cc1C(=O)Nc1cc(C#N)ccc1N1CCC(S(=O)(=O)c2cccc(F)c2)CC1. The van der Waals surface area contributed by atoms with Crippen molar-refractivity contribution in [2.75, 3.05) is 30.4 Å². The Labute approximate surface area is 202 Å². The number of amides is 1. The van der Waals surface area contributed by atoms with Crippen LogP contribution in [0.4, 0.5) is 15.8 Å². The first-order chi connectivity index (χ1) is 16.7. The molecular weight excluding hydrogens is 473 g/mol. The van der Waals surface area contributed by atoms with Gasteiger partial charge in [-0.2, -0.15) is 5.26 Å². The van der Waals surface area contributed by atoms with Crippen molar-refractivity contribution in [3.8, 4) is 11.9 Å². The van der Waals surface area contributed by atoms with Gasteiger partial charge in [-0.15, -0.1) is 5.10 Å². The Hall–Kier alpha value is -3.91. The highest BCUT2D eigenvalue weighted by Crippen LogP contribution is 2.33.